The van der Waals surface area contributed by atoms with Crippen LogP contribution in [0.3, 0.4) is 0 Å². The summed E-state index contributed by atoms with van der Waals surface area (Å²) in [6.07, 6.45) is 2.81. The number of rotatable bonds is 9. The van der Waals surface area contributed by atoms with Crippen molar-refractivity contribution in [1.29, 1.82) is 0 Å². The molecule has 3 aromatic carbocycles. The molecule has 8 nitrogen and oxygen atoms in total. The first-order valence-electron chi connectivity index (χ1n) is 12.5. The van der Waals surface area contributed by atoms with Crippen LogP contribution < -0.4 is 15.0 Å². The van der Waals surface area contributed by atoms with Gasteiger partial charge in [-0.2, -0.15) is 0 Å². The summed E-state index contributed by atoms with van der Waals surface area (Å²) in [6.45, 7) is 1.69. The number of nitrogens with one attached hydrogen (secondary N) is 1. The number of aromatic nitrogens is 1. The zero-order valence-corrected chi connectivity index (χ0v) is 24.1. The zero-order chi connectivity index (χ0) is 29.5. The largest absolute Gasteiger partial charge is 0.487 e. The molecular formula is C31H27Cl2N3O5. The maximum absolute atomic E-state index is 12.9. The summed E-state index contributed by atoms with van der Waals surface area (Å²) in [5.41, 5.74) is 3.50. The van der Waals surface area contributed by atoms with E-state index in [2.05, 4.69) is 10.3 Å². The van der Waals surface area contributed by atoms with Gasteiger partial charge in [-0.05, 0) is 55.0 Å². The third-order valence-electron chi connectivity index (χ3n) is 6.24. The number of nitrogens with zero attached hydrogens (tertiary/aromatic N) is 2. The predicted molar refractivity (Wildman–Crippen MR) is 161 cm³/mol. The van der Waals surface area contributed by atoms with Crippen molar-refractivity contribution in [3.8, 4) is 5.75 Å². The lowest BCUT2D eigenvalue weighted by atomic mass is 10.1. The van der Waals surface area contributed by atoms with Crippen LogP contribution >= 0.6 is 23.2 Å². The van der Waals surface area contributed by atoms with E-state index in [-0.39, 0.29) is 18.2 Å². The summed E-state index contributed by atoms with van der Waals surface area (Å²) in [5, 5.41) is 4.14. The fourth-order valence-corrected chi connectivity index (χ4v) is 4.60. The number of hydrogen-bond acceptors (Lipinski definition) is 6. The molecule has 4 rings (SSSR count). The summed E-state index contributed by atoms with van der Waals surface area (Å²) >= 11 is 13.1. The van der Waals surface area contributed by atoms with Gasteiger partial charge in [-0.1, -0.05) is 53.5 Å². The number of halogens is 2. The third kappa shape index (κ3) is 7.22. The fourth-order valence-electron chi connectivity index (χ4n) is 3.99. The number of amides is 2. The van der Waals surface area contributed by atoms with E-state index in [9.17, 15) is 14.4 Å². The number of carbonyl (C=O) groups is 3. The van der Waals surface area contributed by atoms with Gasteiger partial charge in [-0.25, -0.2) is 9.78 Å². The second kappa shape index (κ2) is 13.3. The van der Waals surface area contributed by atoms with Gasteiger partial charge in [0.15, 0.2) is 0 Å². The minimum Gasteiger partial charge on any atom is -0.487 e. The van der Waals surface area contributed by atoms with Gasteiger partial charge >= 0.3 is 5.97 Å². The van der Waals surface area contributed by atoms with Crippen molar-refractivity contribution in [1.82, 2.24) is 10.3 Å². The van der Waals surface area contributed by atoms with E-state index in [1.54, 1.807) is 43.4 Å². The Labute approximate surface area is 247 Å². The number of methoxy groups -OCH3 is 1. The van der Waals surface area contributed by atoms with Gasteiger partial charge in [0.2, 0.25) is 11.8 Å². The first-order valence-corrected chi connectivity index (χ1v) is 13.3. The lowest BCUT2D eigenvalue weighted by Crippen LogP contribution is -2.37. The summed E-state index contributed by atoms with van der Waals surface area (Å²) in [7, 11) is 2.85. The van der Waals surface area contributed by atoms with E-state index in [4.69, 9.17) is 32.7 Å². The molecule has 0 saturated heterocycles. The first-order chi connectivity index (χ1) is 19.7. The number of pyridine rings is 1. The minimum atomic E-state index is -0.481. The van der Waals surface area contributed by atoms with E-state index in [0.29, 0.717) is 33.1 Å². The van der Waals surface area contributed by atoms with Crippen LogP contribution in [0.15, 0.2) is 72.8 Å². The zero-order valence-electron chi connectivity index (χ0n) is 22.6. The molecule has 1 aromatic heterocycles. The van der Waals surface area contributed by atoms with Crippen molar-refractivity contribution in [3.05, 3.63) is 105 Å². The molecule has 0 unspecified atom stereocenters. The maximum atomic E-state index is 12.9. The Morgan fingerprint density at radius 2 is 1.80 bits per heavy atom. The number of esters is 1. The molecule has 41 heavy (non-hydrogen) atoms. The molecule has 0 bridgehead atoms. The van der Waals surface area contributed by atoms with Crippen LogP contribution in [0.2, 0.25) is 10.0 Å². The molecule has 0 radical (unpaired) electrons. The van der Waals surface area contributed by atoms with E-state index < -0.39 is 17.8 Å². The molecule has 0 atom stereocenters. The molecule has 2 amide bonds. The van der Waals surface area contributed by atoms with Crippen LogP contribution in [0.1, 0.15) is 27.2 Å². The molecule has 0 aliphatic rings. The Hall–Kier alpha value is -4.40. The van der Waals surface area contributed by atoms with Crippen molar-refractivity contribution >= 4 is 63.7 Å². The number of fused-ring (bicyclic) bond motifs is 1. The molecule has 1 heterocycles. The monoisotopic (exact) mass is 591 g/mol. The molecule has 210 valence electrons. The van der Waals surface area contributed by atoms with E-state index in [0.717, 1.165) is 16.6 Å². The van der Waals surface area contributed by atoms with Crippen molar-refractivity contribution in [2.75, 3.05) is 25.6 Å². The molecule has 0 aliphatic heterocycles. The van der Waals surface area contributed by atoms with Gasteiger partial charge < -0.3 is 19.7 Å². The second-order valence-corrected chi connectivity index (χ2v) is 9.83. The summed E-state index contributed by atoms with van der Waals surface area (Å²) in [5.74, 6) is -0.773. The standard InChI is InChI=1S/C31H27Cl2N3O5/c1-19-10-12-21-7-5-9-26(30(21)35-19)41-18-23-24(32)13-14-25(29(23)33)36(2)28(38)17-34-27(37)15-11-20-6-4-8-22(16-20)31(39)40-3/h4-16H,17-18H2,1-3H3,(H,34,37)/b15-11+. The molecule has 0 saturated carbocycles. The van der Waals surface area contributed by atoms with E-state index >= 15 is 0 Å². The van der Waals surface area contributed by atoms with Crippen LogP contribution in [-0.2, 0) is 20.9 Å². The van der Waals surface area contributed by atoms with E-state index in [1.807, 2.05) is 37.3 Å². The Kier molecular flexibility index (Phi) is 9.60. The van der Waals surface area contributed by atoms with Crippen molar-refractivity contribution in [2.45, 2.75) is 13.5 Å². The summed E-state index contributed by atoms with van der Waals surface area (Å²) in [6, 6.07) is 19.4. The normalized spacial score (nSPS) is 11.0. The number of para-hydroxylation sites is 1. The molecule has 4 aromatic rings. The van der Waals surface area contributed by atoms with Gasteiger partial charge in [0.1, 0.15) is 17.9 Å². The number of aryl methyl sites for hydroxylation is 1. The van der Waals surface area contributed by atoms with Gasteiger partial charge in [0.05, 0.1) is 29.9 Å². The van der Waals surface area contributed by atoms with Crippen LogP contribution in [0.25, 0.3) is 17.0 Å². The van der Waals surface area contributed by atoms with Gasteiger partial charge in [0.25, 0.3) is 0 Å². The molecule has 1 N–H and O–H groups in total. The molecule has 10 heteroatoms. The van der Waals surface area contributed by atoms with Gasteiger partial charge in [-0.3, -0.25) is 9.59 Å². The number of hydrogen-bond donors (Lipinski definition) is 1. The quantitative estimate of drug-likeness (QED) is 0.189. The van der Waals surface area contributed by atoms with Crippen molar-refractivity contribution in [2.24, 2.45) is 0 Å². The fraction of sp³-hybridized carbons (Fsp3) is 0.161. The average Bonchev–Trinajstić information content (AvgIpc) is 2.98. The summed E-state index contributed by atoms with van der Waals surface area (Å²) < 4.78 is 10.8. The van der Waals surface area contributed by atoms with Crippen LogP contribution in [-0.4, -0.2) is 43.5 Å². The Morgan fingerprint density at radius 1 is 1.02 bits per heavy atom. The highest BCUT2D eigenvalue weighted by atomic mass is 35.5. The molecular weight excluding hydrogens is 565 g/mol. The Bertz CT molecular complexity index is 1650. The lowest BCUT2D eigenvalue weighted by molar-refractivity contribution is -0.122. The first kappa shape index (κ1) is 29.6. The molecule has 0 spiro atoms. The number of anilines is 1. The number of benzene rings is 3. The maximum Gasteiger partial charge on any atom is 0.337 e. The van der Waals surface area contributed by atoms with Crippen LogP contribution in [0.4, 0.5) is 5.69 Å². The highest BCUT2D eigenvalue weighted by Crippen LogP contribution is 2.35. The van der Waals surface area contributed by atoms with Crippen molar-refractivity contribution < 1.29 is 23.9 Å². The minimum absolute atomic E-state index is 0.0565. The Morgan fingerprint density at radius 3 is 2.59 bits per heavy atom. The average molecular weight is 592 g/mol. The predicted octanol–water partition coefficient (Wildman–Crippen LogP) is 6.01. The van der Waals surface area contributed by atoms with Crippen molar-refractivity contribution in [3.63, 3.8) is 0 Å². The number of carbonyl (C=O) groups excluding carboxylic acids is 3. The highest BCUT2D eigenvalue weighted by Gasteiger charge is 2.19. The SMILES string of the molecule is COC(=O)c1cccc(/C=C/C(=O)NCC(=O)N(C)c2ccc(Cl)c(COc3cccc4ccc(C)nc34)c2Cl)c1. The highest BCUT2D eigenvalue weighted by molar-refractivity contribution is 6.38. The Balaban J connectivity index is 1.40. The number of ether oxygens (including phenoxy) is 2. The van der Waals surface area contributed by atoms with Crippen LogP contribution in [0.5, 0.6) is 5.75 Å². The van der Waals surface area contributed by atoms with E-state index in [1.165, 1.54) is 24.2 Å². The van der Waals surface area contributed by atoms with Gasteiger partial charge in [-0.15, -0.1) is 0 Å². The summed E-state index contributed by atoms with van der Waals surface area (Å²) in [4.78, 5) is 42.8. The second-order valence-electron chi connectivity index (χ2n) is 9.05. The van der Waals surface area contributed by atoms with Gasteiger partial charge in [0, 0.05) is 34.8 Å². The molecule has 0 fully saturated rings. The smallest absolute Gasteiger partial charge is 0.337 e. The lowest BCUT2D eigenvalue weighted by Gasteiger charge is -2.21. The van der Waals surface area contributed by atoms with Crippen LogP contribution in [0, 0.1) is 6.92 Å². The topological polar surface area (TPSA) is 97.8 Å². The third-order valence-corrected chi connectivity index (χ3v) is 7.02. The number of likely N-dealkylation sites (N-methyl/N-ethyl adjacent to an activating group) is 1. The molecule has 0 aliphatic carbocycles.